The van der Waals surface area contributed by atoms with Gasteiger partial charge in [-0.05, 0) is 28.6 Å². The quantitative estimate of drug-likeness (QED) is 0.826. The van der Waals surface area contributed by atoms with Crippen molar-refractivity contribution in [2.24, 2.45) is 0 Å². The van der Waals surface area contributed by atoms with Crippen molar-refractivity contribution in [1.29, 1.82) is 0 Å². The molecule has 0 saturated carbocycles. The zero-order chi connectivity index (χ0) is 14.8. The van der Waals surface area contributed by atoms with Gasteiger partial charge in [0.2, 0.25) is 0 Å². The van der Waals surface area contributed by atoms with E-state index in [9.17, 15) is 8.42 Å². The zero-order valence-corrected chi connectivity index (χ0v) is 12.4. The summed E-state index contributed by atoms with van der Waals surface area (Å²) in [7, 11) is -3.07. The molecule has 0 aliphatic heterocycles. The van der Waals surface area contributed by atoms with Crippen molar-refractivity contribution >= 4 is 27.1 Å². The van der Waals surface area contributed by atoms with Crippen molar-refractivity contribution in [1.82, 2.24) is 20.2 Å². The maximum atomic E-state index is 11.5. The molecular weight excluding hydrogens is 302 g/mol. The summed E-state index contributed by atoms with van der Waals surface area (Å²) in [6.07, 6.45) is 0. The zero-order valence-electron chi connectivity index (χ0n) is 10.8. The Morgan fingerprint density at radius 3 is 2.80 bits per heavy atom. The molecule has 9 heteroatoms. The molecule has 0 aliphatic carbocycles. The molecule has 0 radical (unpaired) electrons. The molecule has 1 heterocycles. The number of hydrogen-bond donors (Lipinski definition) is 1. The first-order valence-corrected chi connectivity index (χ1v) is 8.15. The minimum atomic E-state index is -3.07. The number of nitrogens with two attached hydrogens (primary N) is 1. The molecule has 0 aliphatic rings. The van der Waals surface area contributed by atoms with Crippen molar-refractivity contribution in [2.45, 2.75) is 13.5 Å². The smallest absolute Gasteiger partial charge is 0.182 e. The van der Waals surface area contributed by atoms with Crippen LogP contribution in [0.4, 0.5) is 5.69 Å². The van der Waals surface area contributed by atoms with E-state index in [0.717, 1.165) is 0 Å². The molecule has 2 aromatic rings. The third-order valence-corrected chi connectivity index (χ3v) is 4.86. The monoisotopic (exact) mass is 315 g/mol. The summed E-state index contributed by atoms with van der Waals surface area (Å²) in [6.45, 7) is 1.80. The predicted octanol–water partition coefficient (Wildman–Crippen LogP) is 1.01. The van der Waals surface area contributed by atoms with E-state index in [1.807, 2.05) is 0 Å². The molecule has 2 rings (SSSR count). The van der Waals surface area contributed by atoms with E-state index in [1.54, 1.807) is 25.1 Å². The lowest BCUT2D eigenvalue weighted by Crippen LogP contribution is -2.16. The van der Waals surface area contributed by atoms with Crippen molar-refractivity contribution in [3.05, 3.63) is 23.2 Å². The second kappa shape index (κ2) is 5.76. The third-order valence-electron chi connectivity index (χ3n) is 2.84. The van der Waals surface area contributed by atoms with Gasteiger partial charge in [-0.25, -0.2) is 13.1 Å². The Balaban J connectivity index is 2.26. The van der Waals surface area contributed by atoms with E-state index in [-0.39, 0.29) is 18.1 Å². The number of rotatable bonds is 5. The maximum Gasteiger partial charge on any atom is 0.182 e. The van der Waals surface area contributed by atoms with Crippen LogP contribution in [0.3, 0.4) is 0 Å². The Morgan fingerprint density at radius 1 is 1.40 bits per heavy atom. The van der Waals surface area contributed by atoms with Crippen LogP contribution in [-0.4, -0.2) is 40.1 Å². The number of aromatic nitrogens is 4. The van der Waals surface area contributed by atoms with Crippen LogP contribution in [-0.2, 0) is 16.4 Å². The number of anilines is 1. The number of sulfone groups is 1. The van der Waals surface area contributed by atoms with Crippen molar-refractivity contribution in [3.8, 4) is 11.4 Å². The Hall–Kier alpha value is -1.67. The van der Waals surface area contributed by atoms with Crippen LogP contribution in [0.2, 0.25) is 5.02 Å². The van der Waals surface area contributed by atoms with Crippen molar-refractivity contribution in [3.63, 3.8) is 0 Å². The fourth-order valence-electron chi connectivity index (χ4n) is 1.60. The highest BCUT2D eigenvalue weighted by molar-refractivity contribution is 7.91. The first-order valence-electron chi connectivity index (χ1n) is 5.95. The van der Waals surface area contributed by atoms with Gasteiger partial charge in [0.05, 0.1) is 23.0 Å². The fourth-order valence-corrected chi connectivity index (χ4v) is 2.52. The lowest BCUT2D eigenvalue weighted by molar-refractivity contribution is 0.577. The number of nitrogens with zero attached hydrogens (tertiary/aromatic N) is 4. The summed E-state index contributed by atoms with van der Waals surface area (Å²) in [4.78, 5) is 0. The fraction of sp³-hybridized carbons (Fsp3) is 0.364. The van der Waals surface area contributed by atoms with Gasteiger partial charge in [0.25, 0.3) is 0 Å². The summed E-state index contributed by atoms with van der Waals surface area (Å²) < 4.78 is 24.5. The molecule has 0 amide bonds. The molecule has 1 aromatic heterocycles. The van der Waals surface area contributed by atoms with E-state index in [0.29, 0.717) is 22.1 Å². The standard InChI is InChI=1S/C11H14ClN5O2S/c1-2-20(18,19)6-5-17-11(14-15-16-17)8-3-4-10(13)9(12)7-8/h3-4,7H,2,5-6,13H2,1H3. The van der Waals surface area contributed by atoms with Gasteiger partial charge in [-0.3, -0.25) is 0 Å². The first-order chi connectivity index (χ1) is 9.43. The van der Waals surface area contributed by atoms with Crippen LogP contribution < -0.4 is 5.73 Å². The minimum absolute atomic E-state index is 0.00968. The first kappa shape index (κ1) is 14.7. The van der Waals surface area contributed by atoms with Gasteiger partial charge in [0, 0.05) is 11.3 Å². The lowest BCUT2D eigenvalue weighted by atomic mass is 10.2. The summed E-state index contributed by atoms with van der Waals surface area (Å²) in [5.41, 5.74) is 6.79. The van der Waals surface area contributed by atoms with Gasteiger partial charge in [-0.1, -0.05) is 18.5 Å². The molecule has 0 unspecified atom stereocenters. The molecule has 0 atom stereocenters. The molecule has 0 bridgehead atoms. The Labute approximate surface area is 121 Å². The summed E-state index contributed by atoms with van der Waals surface area (Å²) in [5.74, 6) is 0.542. The predicted molar refractivity (Wildman–Crippen MR) is 77.0 cm³/mol. The second-order valence-electron chi connectivity index (χ2n) is 4.20. The summed E-state index contributed by atoms with van der Waals surface area (Å²) >= 11 is 5.96. The molecular formula is C11H14ClN5O2S. The average molecular weight is 316 g/mol. The van der Waals surface area contributed by atoms with Gasteiger partial charge < -0.3 is 5.73 Å². The minimum Gasteiger partial charge on any atom is -0.398 e. The Bertz CT molecular complexity index is 713. The number of aryl methyl sites for hydroxylation is 1. The van der Waals surface area contributed by atoms with Crippen LogP contribution in [0, 0.1) is 0 Å². The van der Waals surface area contributed by atoms with Crippen LogP contribution in [0.25, 0.3) is 11.4 Å². The van der Waals surface area contributed by atoms with Gasteiger partial charge >= 0.3 is 0 Å². The molecule has 0 fully saturated rings. The number of hydrogen-bond acceptors (Lipinski definition) is 6. The molecule has 0 saturated heterocycles. The second-order valence-corrected chi connectivity index (χ2v) is 7.08. The number of nitrogen functional groups attached to an aromatic ring is 1. The number of benzene rings is 1. The van der Waals surface area contributed by atoms with Crippen LogP contribution in [0.1, 0.15) is 6.92 Å². The van der Waals surface area contributed by atoms with Crippen LogP contribution in [0.15, 0.2) is 18.2 Å². The highest BCUT2D eigenvalue weighted by Gasteiger charge is 2.13. The highest BCUT2D eigenvalue weighted by atomic mass is 35.5. The normalized spacial score (nSPS) is 11.7. The maximum absolute atomic E-state index is 11.5. The Kier molecular flexibility index (Phi) is 4.24. The summed E-state index contributed by atoms with van der Waals surface area (Å²) in [6, 6.07) is 5.03. The molecule has 0 spiro atoms. The van der Waals surface area contributed by atoms with E-state index < -0.39 is 9.84 Å². The van der Waals surface area contributed by atoms with Crippen molar-refractivity contribution in [2.75, 3.05) is 17.2 Å². The largest absolute Gasteiger partial charge is 0.398 e. The van der Waals surface area contributed by atoms with Gasteiger partial charge in [0.15, 0.2) is 15.7 Å². The molecule has 20 heavy (non-hydrogen) atoms. The van der Waals surface area contributed by atoms with Crippen LogP contribution in [0.5, 0.6) is 0 Å². The van der Waals surface area contributed by atoms with Crippen molar-refractivity contribution < 1.29 is 8.42 Å². The number of halogens is 1. The van der Waals surface area contributed by atoms with E-state index in [4.69, 9.17) is 17.3 Å². The molecule has 7 nitrogen and oxygen atoms in total. The van der Waals surface area contributed by atoms with Gasteiger partial charge in [-0.15, -0.1) is 5.10 Å². The topological polar surface area (TPSA) is 104 Å². The Morgan fingerprint density at radius 2 is 2.15 bits per heavy atom. The lowest BCUT2D eigenvalue weighted by Gasteiger charge is -2.06. The summed E-state index contributed by atoms with van der Waals surface area (Å²) in [5, 5.41) is 11.7. The van der Waals surface area contributed by atoms with Gasteiger partial charge in [-0.2, -0.15) is 0 Å². The highest BCUT2D eigenvalue weighted by Crippen LogP contribution is 2.25. The average Bonchev–Trinajstić information content (AvgIpc) is 2.88. The molecule has 1 aromatic carbocycles. The van der Waals surface area contributed by atoms with Crippen LogP contribution >= 0.6 is 11.6 Å². The number of tetrazole rings is 1. The third kappa shape index (κ3) is 3.26. The molecule has 2 N–H and O–H groups in total. The SMILES string of the molecule is CCS(=O)(=O)CCn1nnnc1-c1ccc(N)c(Cl)c1. The van der Waals surface area contributed by atoms with Gasteiger partial charge in [0.1, 0.15) is 0 Å². The van der Waals surface area contributed by atoms with E-state index in [2.05, 4.69) is 15.5 Å². The van der Waals surface area contributed by atoms with E-state index >= 15 is 0 Å². The molecule has 108 valence electrons. The van der Waals surface area contributed by atoms with E-state index in [1.165, 1.54) is 4.68 Å².